The molecule has 140 valence electrons. The van der Waals surface area contributed by atoms with Gasteiger partial charge in [-0.2, -0.15) is 4.31 Å². The van der Waals surface area contributed by atoms with Crippen LogP contribution in [0.25, 0.3) is 0 Å². The fourth-order valence-electron chi connectivity index (χ4n) is 3.59. The summed E-state index contributed by atoms with van der Waals surface area (Å²) in [6, 6.07) is -0.527. The zero-order valence-electron chi connectivity index (χ0n) is 14.8. The van der Waals surface area contributed by atoms with Gasteiger partial charge in [0.2, 0.25) is 15.9 Å². The van der Waals surface area contributed by atoms with Crippen LogP contribution in [0.4, 0.5) is 0 Å². The van der Waals surface area contributed by atoms with E-state index in [0.29, 0.717) is 38.6 Å². The minimum absolute atomic E-state index is 0.117. The highest BCUT2D eigenvalue weighted by atomic mass is 32.2. The first-order valence-electron chi connectivity index (χ1n) is 9.43. The van der Waals surface area contributed by atoms with Crippen molar-refractivity contribution in [2.45, 2.75) is 76.9 Å². The molecule has 0 aromatic carbocycles. The smallest absolute Gasteiger partial charge is 0.238 e. The summed E-state index contributed by atoms with van der Waals surface area (Å²) in [5.74, 6) is -0.0451. The van der Waals surface area contributed by atoms with Crippen LogP contribution < -0.4 is 5.32 Å². The number of sulfonamides is 1. The molecule has 7 heteroatoms. The monoisotopic (exact) mass is 360 g/mol. The van der Waals surface area contributed by atoms with Gasteiger partial charge >= 0.3 is 0 Å². The van der Waals surface area contributed by atoms with Crippen molar-refractivity contribution in [2.24, 2.45) is 0 Å². The Kier molecular flexibility index (Phi) is 7.97. The van der Waals surface area contributed by atoms with Crippen LogP contribution in [0.3, 0.4) is 0 Å². The van der Waals surface area contributed by atoms with Gasteiger partial charge in [-0.05, 0) is 38.5 Å². The molecule has 0 spiro atoms. The molecule has 2 rings (SSSR count). The van der Waals surface area contributed by atoms with Gasteiger partial charge in [0.25, 0.3) is 0 Å². The summed E-state index contributed by atoms with van der Waals surface area (Å²) in [6.07, 6.45) is 9.24. The Bertz CT molecular complexity index is 489. The molecule has 1 saturated heterocycles. The fraction of sp³-hybridized carbons (Fsp3) is 0.941. The molecule has 1 N–H and O–H groups in total. The van der Waals surface area contributed by atoms with E-state index in [1.165, 1.54) is 23.6 Å². The van der Waals surface area contributed by atoms with E-state index < -0.39 is 16.1 Å². The summed E-state index contributed by atoms with van der Waals surface area (Å²) < 4.78 is 31.7. The SMILES string of the molecule is CCCS(=O)(=O)N1CCCC1C(=O)NCCCOC1CCCCC1. The first-order valence-corrected chi connectivity index (χ1v) is 11.0. The molecule has 0 aromatic rings. The van der Waals surface area contributed by atoms with Gasteiger partial charge in [-0.1, -0.05) is 26.2 Å². The molecular formula is C17H32N2O4S. The first kappa shape index (κ1) is 19.7. The summed E-state index contributed by atoms with van der Waals surface area (Å²) in [7, 11) is -3.31. The zero-order chi connectivity index (χ0) is 17.4. The molecule has 1 saturated carbocycles. The van der Waals surface area contributed by atoms with Crippen LogP contribution in [0.5, 0.6) is 0 Å². The summed E-state index contributed by atoms with van der Waals surface area (Å²) in [5.41, 5.74) is 0. The molecule has 1 aliphatic carbocycles. The van der Waals surface area contributed by atoms with E-state index in [2.05, 4.69) is 5.32 Å². The van der Waals surface area contributed by atoms with E-state index in [1.807, 2.05) is 6.92 Å². The molecule has 1 heterocycles. The van der Waals surface area contributed by atoms with Crippen LogP contribution in [-0.2, 0) is 19.6 Å². The Morgan fingerprint density at radius 1 is 1.17 bits per heavy atom. The van der Waals surface area contributed by atoms with Gasteiger partial charge in [0.1, 0.15) is 6.04 Å². The lowest BCUT2D eigenvalue weighted by Crippen LogP contribution is -2.46. The Morgan fingerprint density at radius 3 is 2.62 bits per heavy atom. The Balaban J connectivity index is 1.67. The molecule has 1 atom stereocenters. The zero-order valence-corrected chi connectivity index (χ0v) is 15.7. The number of nitrogens with zero attached hydrogens (tertiary/aromatic N) is 1. The third-order valence-electron chi connectivity index (χ3n) is 4.85. The molecule has 2 fully saturated rings. The second-order valence-corrected chi connectivity index (χ2v) is 8.90. The molecule has 1 aliphatic heterocycles. The van der Waals surface area contributed by atoms with E-state index >= 15 is 0 Å². The number of hydrogen-bond acceptors (Lipinski definition) is 4. The lowest BCUT2D eigenvalue weighted by Gasteiger charge is -2.23. The number of nitrogens with one attached hydrogen (secondary N) is 1. The van der Waals surface area contributed by atoms with E-state index in [4.69, 9.17) is 4.74 Å². The number of hydrogen-bond donors (Lipinski definition) is 1. The van der Waals surface area contributed by atoms with Crippen LogP contribution >= 0.6 is 0 Å². The topological polar surface area (TPSA) is 75.7 Å². The Morgan fingerprint density at radius 2 is 1.92 bits per heavy atom. The van der Waals surface area contributed by atoms with Gasteiger partial charge in [-0.3, -0.25) is 4.79 Å². The summed E-state index contributed by atoms with van der Waals surface area (Å²) in [5, 5.41) is 2.88. The van der Waals surface area contributed by atoms with Crippen LogP contribution in [0.15, 0.2) is 0 Å². The van der Waals surface area contributed by atoms with Crippen molar-refractivity contribution in [1.29, 1.82) is 0 Å². The van der Waals surface area contributed by atoms with Gasteiger partial charge < -0.3 is 10.1 Å². The minimum Gasteiger partial charge on any atom is -0.378 e. The summed E-state index contributed by atoms with van der Waals surface area (Å²) in [4.78, 5) is 12.3. The third kappa shape index (κ3) is 5.70. The van der Waals surface area contributed by atoms with Crippen molar-refractivity contribution in [3.05, 3.63) is 0 Å². The van der Waals surface area contributed by atoms with Crippen LogP contribution in [0, 0.1) is 0 Å². The second kappa shape index (κ2) is 9.73. The number of amides is 1. The average Bonchev–Trinajstić information content (AvgIpc) is 3.06. The summed E-state index contributed by atoms with van der Waals surface area (Å²) in [6.45, 7) is 3.51. The Labute approximate surface area is 146 Å². The number of carbonyl (C=O) groups is 1. The van der Waals surface area contributed by atoms with E-state index in [1.54, 1.807) is 0 Å². The van der Waals surface area contributed by atoms with Crippen molar-refractivity contribution in [3.63, 3.8) is 0 Å². The maximum Gasteiger partial charge on any atom is 0.238 e. The number of rotatable bonds is 9. The predicted molar refractivity (Wildman–Crippen MR) is 94.3 cm³/mol. The lowest BCUT2D eigenvalue weighted by atomic mass is 9.98. The van der Waals surface area contributed by atoms with Crippen LogP contribution in [0.2, 0.25) is 0 Å². The van der Waals surface area contributed by atoms with E-state index in [9.17, 15) is 13.2 Å². The molecule has 2 aliphatic rings. The fourth-order valence-corrected chi connectivity index (χ4v) is 5.34. The third-order valence-corrected chi connectivity index (χ3v) is 6.93. The van der Waals surface area contributed by atoms with E-state index in [-0.39, 0.29) is 11.7 Å². The summed E-state index contributed by atoms with van der Waals surface area (Å²) >= 11 is 0. The largest absolute Gasteiger partial charge is 0.378 e. The van der Waals surface area contributed by atoms with Gasteiger partial charge in [-0.25, -0.2) is 8.42 Å². The quantitative estimate of drug-likeness (QED) is 0.639. The highest BCUT2D eigenvalue weighted by molar-refractivity contribution is 7.89. The van der Waals surface area contributed by atoms with E-state index in [0.717, 1.165) is 25.7 Å². The van der Waals surface area contributed by atoms with Gasteiger partial charge in [0.15, 0.2) is 0 Å². The van der Waals surface area contributed by atoms with Crippen LogP contribution in [-0.4, -0.2) is 56.2 Å². The molecule has 6 nitrogen and oxygen atoms in total. The van der Waals surface area contributed by atoms with Crippen molar-refractivity contribution in [2.75, 3.05) is 25.4 Å². The van der Waals surface area contributed by atoms with Crippen molar-refractivity contribution >= 4 is 15.9 Å². The lowest BCUT2D eigenvalue weighted by molar-refractivity contribution is -0.124. The maximum atomic E-state index is 12.3. The molecule has 0 aromatic heterocycles. The molecule has 0 bridgehead atoms. The van der Waals surface area contributed by atoms with Crippen molar-refractivity contribution < 1.29 is 17.9 Å². The molecule has 24 heavy (non-hydrogen) atoms. The normalized spacial score (nSPS) is 23.5. The molecular weight excluding hydrogens is 328 g/mol. The minimum atomic E-state index is -3.31. The number of ether oxygens (including phenoxy) is 1. The standard InChI is InChI=1S/C17H32N2O4S/c1-2-14-24(21,22)19-12-6-10-16(19)17(20)18-11-7-13-23-15-8-4-3-5-9-15/h15-16H,2-14H2,1H3,(H,18,20). The molecule has 1 unspecified atom stereocenters. The molecule has 0 radical (unpaired) electrons. The maximum absolute atomic E-state index is 12.3. The molecule has 1 amide bonds. The first-order chi connectivity index (χ1) is 11.5. The second-order valence-electron chi connectivity index (χ2n) is 6.86. The highest BCUT2D eigenvalue weighted by Gasteiger charge is 2.37. The predicted octanol–water partition coefficient (Wildman–Crippen LogP) is 2.05. The van der Waals surface area contributed by atoms with Crippen LogP contribution in [0.1, 0.15) is 64.7 Å². The average molecular weight is 361 g/mol. The van der Waals surface area contributed by atoms with Gasteiger partial charge in [-0.15, -0.1) is 0 Å². The van der Waals surface area contributed by atoms with Crippen molar-refractivity contribution in [3.8, 4) is 0 Å². The van der Waals surface area contributed by atoms with Gasteiger partial charge in [0.05, 0.1) is 11.9 Å². The van der Waals surface area contributed by atoms with Crippen molar-refractivity contribution in [1.82, 2.24) is 9.62 Å². The number of carbonyl (C=O) groups excluding carboxylic acids is 1. The highest BCUT2D eigenvalue weighted by Crippen LogP contribution is 2.22. The van der Waals surface area contributed by atoms with Gasteiger partial charge in [0, 0.05) is 19.7 Å². The Hall–Kier alpha value is -0.660.